The maximum atomic E-state index is 5.78. The zero-order chi connectivity index (χ0) is 16.5. The lowest BCUT2D eigenvalue weighted by atomic mass is 10.2. The second-order valence-corrected chi connectivity index (χ2v) is 6.02. The van der Waals surface area contributed by atoms with Gasteiger partial charge in [-0.2, -0.15) is 0 Å². The van der Waals surface area contributed by atoms with Crippen LogP contribution in [0.3, 0.4) is 0 Å². The van der Waals surface area contributed by atoms with E-state index >= 15 is 0 Å². The lowest BCUT2D eigenvalue weighted by molar-refractivity contribution is 0.304. The SMILES string of the molecule is CCCCCCCOc1ccc(/C=N/c2c(C)ccn2C)cc1. The Bertz CT molecular complexity index is 592. The Kier molecular flexibility index (Phi) is 6.92. The maximum Gasteiger partial charge on any atom is 0.135 e. The third-order valence-corrected chi connectivity index (χ3v) is 3.97. The highest BCUT2D eigenvalue weighted by Gasteiger charge is 2.00. The molecule has 0 atom stereocenters. The van der Waals surface area contributed by atoms with Crippen molar-refractivity contribution in [3.8, 4) is 5.75 Å². The maximum absolute atomic E-state index is 5.78. The molecule has 0 amide bonds. The van der Waals surface area contributed by atoms with Crippen LogP contribution in [0.25, 0.3) is 0 Å². The Morgan fingerprint density at radius 1 is 1.04 bits per heavy atom. The van der Waals surface area contributed by atoms with E-state index in [4.69, 9.17) is 4.74 Å². The predicted octanol–water partition coefficient (Wildman–Crippen LogP) is 5.43. The van der Waals surface area contributed by atoms with Gasteiger partial charge in [-0.25, -0.2) is 4.99 Å². The molecule has 2 rings (SSSR count). The summed E-state index contributed by atoms with van der Waals surface area (Å²) >= 11 is 0. The van der Waals surface area contributed by atoms with Gasteiger partial charge in [-0.3, -0.25) is 0 Å². The molecule has 0 fully saturated rings. The van der Waals surface area contributed by atoms with Crippen molar-refractivity contribution < 1.29 is 4.74 Å². The monoisotopic (exact) mass is 312 g/mol. The van der Waals surface area contributed by atoms with Gasteiger partial charge in [0.1, 0.15) is 11.6 Å². The van der Waals surface area contributed by atoms with Crippen LogP contribution in [-0.4, -0.2) is 17.4 Å². The Labute approximate surface area is 140 Å². The molecule has 0 saturated heterocycles. The highest BCUT2D eigenvalue weighted by Crippen LogP contribution is 2.18. The van der Waals surface area contributed by atoms with Crippen LogP contribution in [0.15, 0.2) is 41.5 Å². The van der Waals surface area contributed by atoms with Crippen LogP contribution < -0.4 is 4.74 Å². The van der Waals surface area contributed by atoms with Crippen molar-refractivity contribution in [2.45, 2.75) is 46.0 Å². The van der Waals surface area contributed by atoms with Crippen LogP contribution in [-0.2, 0) is 7.05 Å². The van der Waals surface area contributed by atoms with E-state index in [0.717, 1.165) is 30.2 Å². The predicted molar refractivity (Wildman–Crippen MR) is 98.1 cm³/mol. The number of aliphatic imine (C=N–C) groups is 1. The number of hydrogen-bond donors (Lipinski definition) is 0. The van der Waals surface area contributed by atoms with Crippen molar-refractivity contribution >= 4 is 12.0 Å². The first-order chi connectivity index (χ1) is 11.2. The number of aryl methyl sites for hydroxylation is 2. The normalized spacial score (nSPS) is 11.3. The quantitative estimate of drug-likeness (QED) is 0.448. The molecular weight excluding hydrogens is 284 g/mol. The Morgan fingerprint density at radius 2 is 1.78 bits per heavy atom. The minimum atomic E-state index is 0.805. The van der Waals surface area contributed by atoms with E-state index in [1.165, 1.54) is 31.2 Å². The van der Waals surface area contributed by atoms with Crippen molar-refractivity contribution in [1.82, 2.24) is 4.57 Å². The number of aromatic nitrogens is 1. The fourth-order valence-electron chi connectivity index (χ4n) is 2.52. The zero-order valence-corrected chi connectivity index (χ0v) is 14.6. The number of rotatable bonds is 9. The number of unbranched alkanes of at least 4 members (excludes halogenated alkanes) is 4. The molecule has 3 heteroatoms. The van der Waals surface area contributed by atoms with E-state index in [0.29, 0.717) is 0 Å². The molecule has 3 nitrogen and oxygen atoms in total. The van der Waals surface area contributed by atoms with Crippen molar-refractivity contribution in [3.63, 3.8) is 0 Å². The molecule has 0 bridgehead atoms. The fraction of sp³-hybridized carbons (Fsp3) is 0.450. The van der Waals surface area contributed by atoms with E-state index in [1.807, 2.05) is 48.3 Å². The smallest absolute Gasteiger partial charge is 0.135 e. The van der Waals surface area contributed by atoms with Crippen LogP contribution in [0, 0.1) is 6.92 Å². The van der Waals surface area contributed by atoms with E-state index in [1.54, 1.807) is 0 Å². The molecule has 1 heterocycles. The van der Waals surface area contributed by atoms with Crippen LogP contribution in [0.4, 0.5) is 5.82 Å². The molecule has 1 aromatic carbocycles. The van der Waals surface area contributed by atoms with Gasteiger partial charge in [0.25, 0.3) is 0 Å². The molecule has 0 unspecified atom stereocenters. The molecule has 23 heavy (non-hydrogen) atoms. The number of ether oxygens (including phenoxy) is 1. The second kappa shape index (κ2) is 9.19. The number of benzene rings is 1. The number of hydrogen-bond acceptors (Lipinski definition) is 2. The van der Waals surface area contributed by atoms with Gasteiger partial charge in [0.2, 0.25) is 0 Å². The second-order valence-electron chi connectivity index (χ2n) is 6.02. The van der Waals surface area contributed by atoms with Gasteiger partial charge < -0.3 is 9.30 Å². The molecule has 0 saturated carbocycles. The third kappa shape index (κ3) is 5.59. The van der Waals surface area contributed by atoms with Gasteiger partial charge >= 0.3 is 0 Å². The molecule has 1 aromatic heterocycles. The van der Waals surface area contributed by atoms with Gasteiger partial charge in [0.15, 0.2) is 0 Å². The minimum Gasteiger partial charge on any atom is -0.494 e. The Morgan fingerprint density at radius 3 is 2.43 bits per heavy atom. The standard InChI is InChI=1S/C20H28N2O/c1-4-5-6-7-8-15-23-19-11-9-18(10-12-19)16-21-20-17(2)13-14-22(20)3/h9-14,16H,4-8,15H2,1-3H3/b21-16+. The molecule has 0 spiro atoms. The summed E-state index contributed by atoms with van der Waals surface area (Å²) in [6.45, 7) is 5.12. The minimum absolute atomic E-state index is 0.805. The number of nitrogens with zero attached hydrogens (tertiary/aromatic N) is 2. The highest BCUT2D eigenvalue weighted by atomic mass is 16.5. The first-order valence-corrected chi connectivity index (χ1v) is 8.59. The van der Waals surface area contributed by atoms with Crippen LogP contribution in [0.5, 0.6) is 5.75 Å². The van der Waals surface area contributed by atoms with E-state index in [9.17, 15) is 0 Å². The first-order valence-electron chi connectivity index (χ1n) is 8.59. The zero-order valence-electron chi connectivity index (χ0n) is 14.6. The first kappa shape index (κ1) is 17.3. The van der Waals surface area contributed by atoms with E-state index in [2.05, 4.69) is 24.9 Å². The van der Waals surface area contributed by atoms with Crippen LogP contribution >= 0.6 is 0 Å². The average Bonchev–Trinajstić information content (AvgIpc) is 2.88. The molecule has 2 aromatic rings. The summed E-state index contributed by atoms with van der Waals surface area (Å²) in [6, 6.07) is 10.2. The van der Waals surface area contributed by atoms with Crippen molar-refractivity contribution in [2.24, 2.45) is 12.0 Å². The van der Waals surface area contributed by atoms with Gasteiger partial charge in [0.05, 0.1) is 6.61 Å². The van der Waals surface area contributed by atoms with Crippen LogP contribution in [0.1, 0.15) is 50.2 Å². The third-order valence-electron chi connectivity index (χ3n) is 3.97. The van der Waals surface area contributed by atoms with E-state index in [-0.39, 0.29) is 0 Å². The van der Waals surface area contributed by atoms with E-state index < -0.39 is 0 Å². The van der Waals surface area contributed by atoms with Crippen LogP contribution in [0.2, 0.25) is 0 Å². The topological polar surface area (TPSA) is 26.5 Å². The molecule has 0 aliphatic heterocycles. The summed E-state index contributed by atoms with van der Waals surface area (Å²) in [5, 5.41) is 0. The summed E-state index contributed by atoms with van der Waals surface area (Å²) < 4.78 is 7.81. The van der Waals surface area contributed by atoms with Crippen molar-refractivity contribution in [1.29, 1.82) is 0 Å². The summed E-state index contributed by atoms with van der Waals surface area (Å²) in [6.07, 6.45) is 10.2. The molecule has 0 radical (unpaired) electrons. The highest BCUT2D eigenvalue weighted by molar-refractivity contribution is 5.82. The Balaban J connectivity index is 1.80. The molecular formula is C20H28N2O. The summed E-state index contributed by atoms with van der Waals surface area (Å²) in [5.74, 6) is 1.94. The molecule has 0 N–H and O–H groups in total. The van der Waals surface area contributed by atoms with Gasteiger partial charge in [-0.15, -0.1) is 0 Å². The molecule has 124 valence electrons. The van der Waals surface area contributed by atoms with Crippen molar-refractivity contribution in [3.05, 3.63) is 47.7 Å². The van der Waals surface area contributed by atoms with Crippen molar-refractivity contribution in [2.75, 3.05) is 6.61 Å². The summed E-state index contributed by atoms with van der Waals surface area (Å²) in [4.78, 5) is 4.57. The van der Waals surface area contributed by atoms with Gasteiger partial charge in [-0.1, -0.05) is 32.6 Å². The lowest BCUT2D eigenvalue weighted by Crippen LogP contribution is -1.97. The van der Waals surface area contributed by atoms with Gasteiger partial charge in [0, 0.05) is 19.5 Å². The van der Waals surface area contributed by atoms with Gasteiger partial charge in [-0.05, 0) is 54.8 Å². The summed E-state index contributed by atoms with van der Waals surface area (Å²) in [7, 11) is 2.01. The average molecular weight is 312 g/mol. The molecule has 0 aliphatic carbocycles. The lowest BCUT2D eigenvalue weighted by Gasteiger charge is -2.06. The summed E-state index contributed by atoms with van der Waals surface area (Å²) in [5.41, 5.74) is 2.27. The fourth-order valence-corrected chi connectivity index (χ4v) is 2.52. The largest absolute Gasteiger partial charge is 0.494 e. The molecule has 0 aliphatic rings. The Hall–Kier alpha value is -2.03.